The molecule has 0 aliphatic carbocycles. The molecule has 0 saturated heterocycles. The Labute approximate surface area is 152 Å². The summed E-state index contributed by atoms with van der Waals surface area (Å²) in [4.78, 5) is 24.4. The van der Waals surface area contributed by atoms with Gasteiger partial charge >= 0.3 is 5.97 Å². The number of halogens is 1. The molecule has 0 atom stereocenters. The number of fused-ring (bicyclic) bond motifs is 1. The second kappa shape index (κ2) is 7.34. The monoisotopic (exact) mass is 370 g/mol. The van der Waals surface area contributed by atoms with Gasteiger partial charge in [0, 0.05) is 10.4 Å². The van der Waals surface area contributed by atoms with Crippen LogP contribution < -0.4 is 5.32 Å². The minimum atomic E-state index is -0.547. The van der Waals surface area contributed by atoms with Crippen LogP contribution in [0.3, 0.4) is 0 Å². The molecule has 2 aromatic carbocycles. The summed E-state index contributed by atoms with van der Waals surface area (Å²) in [5.74, 6) is -1.04. The van der Waals surface area contributed by atoms with Gasteiger partial charge in [0.05, 0.1) is 10.6 Å². The van der Waals surface area contributed by atoms with E-state index in [-0.39, 0.29) is 5.02 Å². The molecule has 0 aliphatic rings. The molecule has 7 heteroatoms. The topological polar surface area (TPSA) is 79.2 Å². The van der Waals surface area contributed by atoms with Crippen molar-refractivity contribution < 1.29 is 14.3 Å². The average Bonchev–Trinajstić information content (AvgIpc) is 3.04. The summed E-state index contributed by atoms with van der Waals surface area (Å²) in [5, 5.41) is 12.6. The first kappa shape index (κ1) is 17.0. The van der Waals surface area contributed by atoms with Crippen LogP contribution in [0, 0.1) is 11.3 Å². The van der Waals surface area contributed by atoms with Crippen molar-refractivity contribution in [3.63, 3.8) is 0 Å². The van der Waals surface area contributed by atoms with E-state index in [1.165, 1.54) is 23.5 Å². The van der Waals surface area contributed by atoms with Crippen LogP contribution >= 0.6 is 22.9 Å². The number of nitrogens with zero attached hydrogens (tertiary/aromatic N) is 1. The standard InChI is InChI=1S/C18H11ClN2O3S/c19-14-8-13(6-5-12(14)9-20)21-17(22)10-24-18(23)16-7-11-3-1-2-4-15(11)25-16/h1-8H,10H2,(H,21,22). The van der Waals surface area contributed by atoms with Gasteiger partial charge in [0.15, 0.2) is 6.61 Å². The number of benzene rings is 2. The van der Waals surface area contributed by atoms with Gasteiger partial charge in [-0.25, -0.2) is 4.79 Å². The zero-order valence-electron chi connectivity index (χ0n) is 12.8. The molecule has 0 fully saturated rings. The summed E-state index contributed by atoms with van der Waals surface area (Å²) in [6.07, 6.45) is 0. The smallest absolute Gasteiger partial charge is 0.348 e. The Kier molecular flexibility index (Phi) is 4.98. The van der Waals surface area contributed by atoms with E-state index in [2.05, 4.69) is 5.32 Å². The third-order valence-electron chi connectivity index (χ3n) is 3.33. The van der Waals surface area contributed by atoms with Gasteiger partial charge in [-0.1, -0.05) is 29.8 Å². The molecule has 3 rings (SSSR count). The first-order valence-corrected chi connectivity index (χ1v) is 8.41. The van der Waals surface area contributed by atoms with Crippen LogP contribution in [0.2, 0.25) is 5.02 Å². The maximum absolute atomic E-state index is 12.1. The van der Waals surface area contributed by atoms with Crippen LogP contribution in [-0.4, -0.2) is 18.5 Å². The molecule has 1 heterocycles. The molecule has 0 aliphatic heterocycles. The van der Waals surface area contributed by atoms with E-state index in [0.29, 0.717) is 16.1 Å². The average molecular weight is 371 g/mol. The number of rotatable bonds is 4. The fourth-order valence-corrected chi connectivity index (χ4v) is 3.34. The van der Waals surface area contributed by atoms with E-state index in [1.54, 1.807) is 12.1 Å². The molecule has 1 aromatic heterocycles. The van der Waals surface area contributed by atoms with E-state index < -0.39 is 18.5 Å². The number of carbonyl (C=O) groups excluding carboxylic acids is 2. The molecule has 0 radical (unpaired) electrons. The number of carbonyl (C=O) groups is 2. The molecular weight excluding hydrogens is 360 g/mol. The second-order valence-corrected chi connectivity index (χ2v) is 6.57. The lowest BCUT2D eigenvalue weighted by Crippen LogP contribution is -2.20. The molecule has 1 amide bonds. The van der Waals surface area contributed by atoms with E-state index in [1.807, 2.05) is 30.3 Å². The zero-order chi connectivity index (χ0) is 17.8. The molecule has 0 bridgehead atoms. The summed E-state index contributed by atoms with van der Waals surface area (Å²) in [7, 11) is 0. The first-order valence-electron chi connectivity index (χ1n) is 7.22. The molecule has 1 N–H and O–H groups in total. The Morgan fingerprint density at radius 1 is 1.20 bits per heavy atom. The largest absolute Gasteiger partial charge is 0.451 e. The van der Waals surface area contributed by atoms with Gasteiger partial charge in [-0.05, 0) is 35.7 Å². The molecule has 25 heavy (non-hydrogen) atoms. The molecular formula is C18H11ClN2O3S. The van der Waals surface area contributed by atoms with Gasteiger partial charge in [0.2, 0.25) is 0 Å². The van der Waals surface area contributed by atoms with Gasteiger partial charge in [-0.2, -0.15) is 5.26 Å². The summed E-state index contributed by atoms with van der Waals surface area (Å²) in [6.45, 7) is -0.412. The first-order chi connectivity index (χ1) is 12.1. The highest BCUT2D eigenvalue weighted by molar-refractivity contribution is 7.20. The lowest BCUT2D eigenvalue weighted by Gasteiger charge is -2.06. The normalized spacial score (nSPS) is 10.2. The van der Waals surface area contributed by atoms with Gasteiger partial charge in [0.1, 0.15) is 10.9 Å². The quantitative estimate of drug-likeness (QED) is 0.697. The Morgan fingerprint density at radius 3 is 2.72 bits per heavy atom. The lowest BCUT2D eigenvalue weighted by molar-refractivity contribution is -0.119. The highest BCUT2D eigenvalue weighted by Gasteiger charge is 2.14. The summed E-state index contributed by atoms with van der Waals surface area (Å²) in [6, 6.07) is 15.8. The van der Waals surface area contributed by atoms with Crippen molar-refractivity contribution in [3.8, 4) is 6.07 Å². The maximum atomic E-state index is 12.1. The lowest BCUT2D eigenvalue weighted by atomic mass is 10.2. The van der Waals surface area contributed by atoms with Crippen LogP contribution in [0.25, 0.3) is 10.1 Å². The van der Waals surface area contributed by atoms with Crippen molar-refractivity contribution in [3.05, 3.63) is 64.0 Å². The maximum Gasteiger partial charge on any atom is 0.348 e. The Hall–Kier alpha value is -2.88. The molecule has 0 unspecified atom stereocenters. The van der Waals surface area contributed by atoms with Gasteiger partial charge in [-0.3, -0.25) is 4.79 Å². The molecule has 0 saturated carbocycles. The predicted octanol–water partition coefficient (Wildman–Crippen LogP) is 4.22. The van der Waals surface area contributed by atoms with Crippen molar-refractivity contribution >= 4 is 50.6 Å². The number of hydrogen-bond donors (Lipinski definition) is 1. The highest BCUT2D eigenvalue weighted by atomic mass is 35.5. The Bertz CT molecular complexity index is 974. The number of nitrogens with one attached hydrogen (secondary N) is 1. The van der Waals surface area contributed by atoms with Gasteiger partial charge in [-0.15, -0.1) is 11.3 Å². The van der Waals surface area contributed by atoms with Crippen molar-refractivity contribution in [2.24, 2.45) is 0 Å². The number of esters is 1. The number of hydrogen-bond acceptors (Lipinski definition) is 5. The van der Waals surface area contributed by atoms with Crippen molar-refractivity contribution in [2.75, 3.05) is 11.9 Å². The van der Waals surface area contributed by atoms with Crippen LogP contribution in [0.5, 0.6) is 0 Å². The predicted molar refractivity (Wildman–Crippen MR) is 96.9 cm³/mol. The Balaban J connectivity index is 1.59. The molecule has 0 spiro atoms. The van der Waals surface area contributed by atoms with Crippen LogP contribution in [0.1, 0.15) is 15.2 Å². The van der Waals surface area contributed by atoms with E-state index >= 15 is 0 Å². The fourth-order valence-electron chi connectivity index (χ4n) is 2.17. The van der Waals surface area contributed by atoms with Gasteiger partial charge < -0.3 is 10.1 Å². The minimum Gasteiger partial charge on any atom is -0.451 e. The molecule has 5 nitrogen and oxygen atoms in total. The van der Waals surface area contributed by atoms with Crippen molar-refractivity contribution in [2.45, 2.75) is 0 Å². The minimum absolute atomic E-state index is 0.238. The summed E-state index contributed by atoms with van der Waals surface area (Å²) in [5.41, 5.74) is 0.739. The number of amides is 1. The van der Waals surface area contributed by atoms with E-state index in [0.717, 1.165) is 10.1 Å². The number of ether oxygens (including phenoxy) is 1. The van der Waals surface area contributed by atoms with Crippen molar-refractivity contribution in [1.29, 1.82) is 5.26 Å². The third-order valence-corrected chi connectivity index (χ3v) is 4.74. The number of anilines is 1. The van der Waals surface area contributed by atoms with Crippen LogP contribution in [-0.2, 0) is 9.53 Å². The van der Waals surface area contributed by atoms with Crippen LogP contribution in [0.15, 0.2) is 48.5 Å². The molecule has 3 aromatic rings. The molecule has 124 valence electrons. The second-order valence-electron chi connectivity index (χ2n) is 5.08. The van der Waals surface area contributed by atoms with Crippen molar-refractivity contribution in [1.82, 2.24) is 0 Å². The third kappa shape index (κ3) is 3.97. The summed E-state index contributed by atoms with van der Waals surface area (Å²) < 4.78 is 6.02. The van der Waals surface area contributed by atoms with Gasteiger partial charge in [0.25, 0.3) is 5.91 Å². The SMILES string of the molecule is N#Cc1ccc(NC(=O)COC(=O)c2cc3ccccc3s2)cc1Cl. The Morgan fingerprint density at radius 2 is 2.00 bits per heavy atom. The van der Waals surface area contributed by atoms with E-state index in [9.17, 15) is 9.59 Å². The number of nitriles is 1. The summed E-state index contributed by atoms with van der Waals surface area (Å²) >= 11 is 7.21. The van der Waals surface area contributed by atoms with E-state index in [4.69, 9.17) is 21.6 Å². The number of thiophene rings is 1. The van der Waals surface area contributed by atoms with Crippen LogP contribution in [0.4, 0.5) is 5.69 Å². The highest BCUT2D eigenvalue weighted by Crippen LogP contribution is 2.25. The zero-order valence-corrected chi connectivity index (χ0v) is 14.4. The fraction of sp³-hybridized carbons (Fsp3) is 0.0556.